The van der Waals surface area contributed by atoms with E-state index >= 15 is 0 Å². The van der Waals surface area contributed by atoms with Crippen molar-refractivity contribution in [3.8, 4) is 12.0 Å². The standard InChI is InChI=1S/C20H19N5O3/c1-3-22-20(27)24-15-8-6-7-14(11-15)23-18(26)17-13(2)28-19(16(17)12-21)25-9-4-5-10-25/h4-11H,3H2,1-2H3,(H,23,26)(H2,22,24,27). The second kappa shape index (κ2) is 8.14. The highest BCUT2D eigenvalue weighted by Crippen LogP contribution is 2.26. The largest absolute Gasteiger partial charge is 0.443 e. The van der Waals surface area contributed by atoms with Crippen LogP contribution in [0.4, 0.5) is 16.2 Å². The summed E-state index contributed by atoms with van der Waals surface area (Å²) >= 11 is 0. The van der Waals surface area contributed by atoms with Gasteiger partial charge in [0.15, 0.2) is 0 Å². The Morgan fingerprint density at radius 3 is 2.46 bits per heavy atom. The van der Waals surface area contributed by atoms with Crippen molar-refractivity contribution in [3.05, 3.63) is 65.7 Å². The lowest BCUT2D eigenvalue weighted by molar-refractivity contribution is 0.102. The fourth-order valence-electron chi connectivity index (χ4n) is 2.76. The number of benzene rings is 1. The summed E-state index contributed by atoms with van der Waals surface area (Å²) in [6.45, 7) is 3.96. The Balaban J connectivity index is 1.84. The maximum Gasteiger partial charge on any atom is 0.319 e. The zero-order chi connectivity index (χ0) is 20.1. The molecule has 0 bridgehead atoms. The third kappa shape index (κ3) is 3.88. The Hall–Kier alpha value is -3.99. The Labute approximate surface area is 161 Å². The first-order chi connectivity index (χ1) is 13.5. The number of rotatable bonds is 5. The molecule has 2 heterocycles. The molecule has 3 rings (SSSR count). The summed E-state index contributed by atoms with van der Waals surface area (Å²) in [7, 11) is 0. The number of nitriles is 1. The summed E-state index contributed by atoms with van der Waals surface area (Å²) in [6, 6.07) is 12.0. The molecule has 3 N–H and O–H groups in total. The van der Waals surface area contributed by atoms with Crippen LogP contribution < -0.4 is 16.0 Å². The maximum absolute atomic E-state index is 12.8. The number of hydrogen-bond acceptors (Lipinski definition) is 4. The first-order valence-electron chi connectivity index (χ1n) is 8.66. The van der Waals surface area contributed by atoms with Gasteiger partial charge in [0.1, 0.15) is 23.0 Å². The van der Waals surface area contributed by atoms with Crippen molar-refractivity contribution in [3.63, 3.8) is 0 Å². The van der Waals surface area contributed by atoms with Crippen LogP contribution in [0.25, 0.3) is 5.88 Å². The molecule has 8 heteroatoms. The van der Waals surface area contributed by atoms with E-state index in [0.717, 1.165) is 0 Å². The molecule has 0 aliphatic heterocycles. The number of furan rings is 1. The van der Waals surface area contributed by atoms with Crippen LogP contribution in [-0.2, 0) is 0 Å². The number of hydrogen-bond donors (Lipinski definition) is 3. The zero-order valence-corrected chi connectivity index (χ0v) is 15.4. The van der Waals surface area contributed by atoms with Gasteiger partial charge in [0.05, 0.1) is 0 Å². The highest BCUT2D eigenvalue weighted by molar-refractivity contribution is 6.07. The van der Waals surface area contributed by atoms with E-state index in [1.807, 2.05) is 6.92 Å². The number of nitrogens with zero attached hydrogens (tertiary/aromatic N) is 2. The van der Waals surface area contributed by atoms with E-state index in [-0.39, 0.29) is 17.2 Å². The molecule has 28 heavy (non-hydrogen) atoms. The number of urea groups is 1. The van der Waals surface area contributed by atoms with Crippen molar-refractivity contribution in [1.82, 2.24) is 9.88 Å². The maximum atomic E-state index is 12.8. The number of nitrogens with one attached hydrogen (secondary N) is 3. The van der Waals surface area contributed by atoms with Crippen LogP contribution in [0.3, 0.4) is 0 Å². The van der Waals surface area contributed by atoms with Gasteiger partial charge in [0.25, 0.3) is 5.91 Å². The highest BCUT2D eigenvalue weighted by atomic mass is 16.4. The van der Waals surface area contributed by atoms with Crippen LogP contribution in [0.2, 0.25) is 0 Å². The van der Waals surface area contributed by atoms with Crippen molar-refractivity contribution in [1.29, 1.82) is 5.26 Å². The second-order valence-corrected chi connectivity index (χ2v) is 5.93. The lowest BCUT2D eigenvalue weighted by atomic mass is 10.1. The van der Waals surface area contributed by atoms with E-state index in [1.54, 1.807) is 60.3 Å². The summed E-state index contributed by atoms with van der Waals surface area (Å²) in [4.78, 5) is 24.5. The van der Waals surface area contributed by atoms with Gasteiger partial charge in [-0.3, -0.25) is 9.36 Å². The first kappa shape index (κ1) is 18.8. The number of aromatic nitrogens is 1. The highest BCUT2D eigenvalue weighted by Gasteiger charge is 2.24. The fourth-order valence-corrected chi connectivity index (χ4v) is 2.76. The van der Waals surface area contributed by atoms with E-state index in [9.17, 15) is 14.9 Å². The number of carbonyl (C=O) groups is 2. The average molecular weight is 377 g/mol. The number of carbonyl (C=O) groups excluding carboxylic acids is 2. The molecule has 0 radical (unpaired) electrons. The van der Waals surface area contributed by atoms with Gasteiger partial charge in [-0.05, 0) is 44.2 Å². The van der Waals surface area contributed by atoms with Crippen LogP contribution in [0.1, 0.15) is 28.6 Å². The second-order valence-electron chi connectivity index (χ2n) is 5.93. The molecule has 0 spiro atoms. The Bertz CT molecular complexity index is 1040. The predicted molar refractivity (Wildman–Crippen MR) is 105 cm³/mol. The van der Waals surface area contributed by atoms with Crippen molar-refractivity contribution >= 4 is 23.3 Å². The molecule has 142 valence electrons. The van der Waals surface area contributed by atoms with E-state index in [2.05, 4.69) is 22.0 Å². The minimum atomic E-state index is -0.466. The van der Waals surface area contributed by atoms with Crippen molar-refractivity contribution in [2.45, 2.75) is 13.8 Å². The lowest BCUT2D eigenvalue weighted by Gasteiger charge is -2.09. The molecule has 8 nitrogen and oxygen atoms in total. The van der Waals surface area contributed by atoms with E-state index in [4.69, 9.17) is 4.42 Å². The number of anilines is 2. The summed E-state index contributed by atoms with van der Waals surface area (Å²) in [5.41, 5.74) is 1.34. The fraction of sp³-hybridized carbons (Fsp3) is 0.150. The molecule has 0 aliphatic rings. The molecular formula is C20H19N5O3. The molecule has 0 saturated heterocycles. The van der Waals surface area contributed by atoms with Gasteiger partial charge < -0.3 is 20.4 Å². The van der Waals surface area contributed by atoms with Gasteiger partial charge in [-0.1, -0.05) is 6.07 Å². The number of aryl methyl sites for hydroxylation is 1. The Morgan fingerprint density at radius 1 is 1.14 bits per heavy atom. The molecule has 0 aliphatic carbocycles. The first-order valence-corrected chi connectivity index (χ1v) is 8.66. The molecule has 2 aromatic heterocycles. The topological polar surface area (TPSA) is 112 Å². The Morgan fingerprint density at radius 2 is 1.82 bits per heavy atom. The Kier molecular flexibility index (Phi) is 5.46. The van der Waals surface area contributed by atoms with Crippen molar-refractivity contribution in [2.75, 3.05) is 17.2 Å². The monoisotopic (exact) mass is 377 g/mol. The third-order valence-corrected chi connectivity index (χ3v) is 3.96. The molecule has 3 aromatic rings. The molecule has 0 saturated carbocycles. The third-order valence-electron chi connectivity index (χ3n) is 3.96. The van der Waals surface area contributed by atoms with Crippen LogP contribution >= 0.6 is 0 Å². The smallest absolute Gasteiger partial charge is 0.319 e. The minimum absolute atomic E-state index is 0.155. The molecule has 0 fully saturated rings. The zero-order valence-electron chi connectivity index (χ0n) is 15.4. The SMILES string of the molecule is CCNC(=O)Nc1cccc(NC(=O)c2c(C)oc(-n3cccc3)c2C#N)c1. The molecule has 0 atom stereocenters. The summed E-state index contributed by atoms with van der Waals surface area (Å²) in [5, 5.41) is 17.6. The van der Waals surface area contributed by atoms with E-state index in [0.29, 0.717) is 29.6 Å². The van der Waals surface area contributed by atoms with E-state index in [1.165, 1.54) is 0 Å². The minimum Gasteiger partial charge on any atom is -0.443 e. The van der Waals surface area contributed by atoms with Crippen LogP contribution in [0.15, 0.2) is 53.2 Å². The molecule has 1 aromatic carbocycles. The number of amides is 3. The van der Waals surface area contributed by atoms with Gasteiger partial charge >= 0.3 is 6.03 Å². The normalized spacial score (nSPS) is 10.2. The van der Waals surface area contributed by atoms with Gasteiger partial charge in [-0.25, -0.2) is 4.79 Å². The van der Waals surface area contributed by atoms with Gasteiger partial charge in [-0.2, -0.15) is 5.26 Å². The summed E-state index contributed by atoms with van der Waals surface area (Å²) in [6.07, 6.45) is 3.47. The van der Waals surface area contributed by atoms with Crippen molar-refractivity contribution in [2.24, 2.45) is 0 Å². The van der Waals surface area contributed by atoms with Crippen LogP contribution in [0, 0.1) is 18.3 Å². The van der Waals surface area contributed by atoms with Gasteiger partial charge in [-0.15, -0.1) is 0 Å². The molecule has 0 unspecified atom stereocenters. The van der Waals surface area contributed by atoms with E-state index < -0.39 is 5.91 Å². The average Bonchev–Trinajstić information content (AvgIpc) is 3.29. The van der Waals surface area contributed by atoms with Gasteiger partial charge in [0.2, 0.25) is 5.88 Å². The molecule has 3 amide bonds. The van der Waals surface area contributed by atoms with Gasteiger partial charge in [0, 0.05) is 30.3 Å². The van der Waals surface area contributed by atoms with Crippen molar-refractivity contribution < 1.29 is 14.0 Å². The van der Waals surface area contributed by atoms with Crippen LogP contribution in [-0.4, -0.2) is 23.1 Å². The summed E-state index contributed by atoms with van der Waals surface area (Å²) in [5.74, 6) is 0.169. The summed E-state index contributed by atoms with van der Waals surface area (Å²) < 4.78 is 7.30. The lowest BCUT2D eigenvalue weighted by Crippen LogP contribution is -2.28. The van der Waals surface area contributed by atoms with Crippen LogP contribution in [0.5, 0.6) is 0 Å². The molecular weight excluding hydrogens is 358 g/mol. The quantitative estimate of drug-likeness (QED) is 0.630. The predicted octanol–water partition coefficient (Wildman–Crippen LogP) is 3.64.